The van der Waals surface area contributed by atoms with Crippen LogP contribution in [0.5, 0.6) is 0 Å². The monoisotopic (exact) mass is 511 g/mol. The number of piperidine rings is 1. The lowest BCUT2D eigenvalue weighted by molar-refractivity contribution is -0.144. The highest BCUT2D eigenvalue weighted by molar-refractivity contribution is 6.08. The van der Waals surface area contributed by atoms with Crippen molar-refractivity contribution in [2.45, 2.75) is 32.4 Å². The van der Waals surface area contributed by atoms with Gasteiger partial charge in [-0.3, -0.25) is 9.59 Å². The molecule has 0 bridgehead atoms. The van der Waals surface area contributed by atoms with Crippen LogP contribution in [0.4, 0.5) is 24.7 Å². The number of benzene rings is 2. The van der Waals surface area contributed by atoms with E-state index in [1.165, 1.54) is 12.1 Å². The van der Waals surface area contributed by atoms with Crippen LogP contribution in [0.15, 0.2) is 66.9 Å². The Morgan fingerprint density at radius 1 is 1.03 bits per heavy atom. The minimum Gasteiger partial charge on any atom is -0.466 e. The molecule has 4 rings (SSSR count). The summed E-state index contributed by atoms with van der Waals surface area (Å²) in [7, 11) is 0. The maximum absolute atomic E-state index is 13.0. The number of rotatable bonds is 7. The maximum Gasteiger partial charge on any atom is 0.416 e. The fourth-order valence-corrected chi connectivity index (χ4v) is 4.44. The summed E-state index contributed by atoms with van der Waals surface area (Å²) in [5.41, 5.74) is 1.15. The number of aromatic nitrogens is 1. The van der Waals surface area contributed by atoms with E-state index in [0.29, 0.717) is 41.3 Å². The van der Waals surface area contributed by atoms with Crippen molar-refractivity contribution in [3.63, 3.8) is 0 Å². The number of anilines is 2. The van der Waals surface area contributed by atoms with E-state index in [2.05, 4.69) is 15.2 Å². The normalized spacial score (nSPS) is 14.3. The molecule has 1 saturated heterocycles. The molecule has 37 heavy (non-hydrogen) atoms. The van der Waals surface area contributed by atoms with Gasteiger partial charge in [0.15, 0.2) is 0 Å². The van der Waals surface area contributed by atoms with E-state index in [9.17, 15) is 22.8 Å². The van der Waals surface area contributed by atoms with Gasteiger partial charge in [0.05, 0.1) is 24.1 Å². The van der Waals surface area contributed by atoms with Crippen molar-refractivity contribution in [3.05, 3.63) is 78.0 Å². The first-order valence-corrected chi connectivity index (χ1v) is 12.2. The number of hydrogen-bond donors (Lipinski definition) is 1. The number of carbonyl (C=O) groups excluding carboxylic acids is 2. The van der Waals surface area contributed by atoms with Gasteiger partial charge in [-0.25, -0.2) is 4.98 Å². The number of halogens is 3. The molecule has 0 saturated carbocycles. The van der Waals surface area contributed by atoms with Gasteiger partial charge in [0.25, 0.3) is 5.91 Å². The number of hydrogen-bond acceptors (Lipinski definition) is 5. The average Bonchev–Trinajstić information content (AvgIpc) is 2.89. The fraction of sp³-hybridized carbons (Fsp3) is 0.321. The molecule has 194 valence electrons. The summed E-state index contributed by atoms with van der Waals surface area (Å²) in [6, 6.07) is 15.1. The van der Waals surface area contributed by atoms with Crippen LogP contribution in [0, 0.1) is 5.92 Å². The quantitative estimate of drug-likeness (QED) is 0.383. The lowest BCUT2D eigenvalue weighted by atomic mass is 9.93. The largest absolute Gasteiger partial charge is 0.466 e. The van der Waals surface area contributed by atoms with Crippen molar-refractivity contribution in [3.8, 4) is 11.1 Å². The van der Waals surface area contributed by atoms with E-state index >= 15 is 0 Å². The Labute approximate surface area is 213 Å². The molecule has 1 aromatic heterocycles. The zero-order chi connectivity index (χ0) is 26.4. The van der Waals surface area contributed by atoms with Crippen LogP contribution in [0.3, 0.4) is 0 Å². The molecule has 1 fully saturated rings. The zero-order valence-electron chi connectivity index (χ0n) is 20.4. The van der Waals surface area contributed by atoms with Gasteiger partial charge in [-0.2, -0.15) is 13.2 Å². The van der Waals surface area contributed by atoms with Crippen LogP contribution < -0.4 is 10.2 Å². The minimum absolute atomic E-state index is 0.154. The second-order valence-electron chi connectivity index (χ2n) is 8.92. The second-order valence-corrected chi connectivity index (χ2v) is 8.92. The van der Waals surface area contributed by atoms with Gasteiger partial charge in [-0.05, 0) is 67.1 Å². The van der Waals surface area contributed by atoms with Gasteiger partial charge in [0.2, 0.25) is 0 Å². The molecule has 6 nitrogen and oxygen atoms in total. The minimum atomic E-state index is -4.42. The molecule has 0 spiro atoms. The molecule has 1 aliphatic heterocycles. The molecule has 3 aromatic rings. The van der Waals surface area contributed by atoms with Gasteiger partial charge in [-0.1, -0.05) is 30.3 Å². The highest BCUT2D eigenvalue weighted by atomic mass is 19.4. The van der Waals surface area contributed by atoms with Crippen LogP contribution in [0.25, 0.3) is 11.1 Å². The number of esters is 1. The van der Waals surface area contributed by atoms with Gasteiger partial charge < -0.3 is 15.0 Å². The van der Waals surface area contributed by atoms with Gasteiger partial charge in [0.1, 0.15) is 5.82 Å². The highest BCUT2D eigenvalue weighted by Gasteiger charge is 2.30. The Morgan fingerprint density at radius 3 is 2.35 bits per heavy atom. The lowest BCUT2D eigenvalue weighted by Crippen LogP contribution is -2.35. The number of pyridine rings is 1. The molecular formula is C28H28F3N3O3. The van der Waals surface area contributed by atoms with Crippen molar-refractivity contribution in [2.75, 3.05) is 29.9 Å². The first-order chi connectivity index (χ1) is 17.7. The van der Waals surface area contributed by atoms with Crippen molar-refractivity contribution in [1.29, 1.82) is 0 Å². The SMILES string of the molecule is CCOC(=O)CC1CCN(c2ccc(NC(=O)c3ccccc3-c3ccc(C(F)(F)F)cc3)cn2)CC1. The van der Waals surface area contributed by atoms with Crippen molar-refractivity contribution in [2.24, 2.45) is 5.92 Å². The molecule has 1 amide bonds. The van der Waals surface area contributed by atoms with Crippen molar-refractivity contribution < 1.29 is 27.5 Å². The Morgan fingerprint density at radius 2 is 1.73 bits per heavy atom. The van der Waals surface area contributed by atoms with Crippen molar-refractivity contribution >= 4 is 23.4 Å². The number of nitrogens with one attached hydrogen (secondary N) is 1. The Kier molecular flexibility index (Phi) is 8.11. The average molecular weight is 512 g/mol. The van der Waals surface area contributed by atoms with Gasteiger partial charge >= 0.3 is 12.1 Å². The third-order valence-electron chi connectivity index (χ3n) is 6.40. The number of carbonyl (C=O) groups is 2. The first-order valence-electron chi connectivity index (χ1n) is 12.2. The molecule has 2 heterocycles. The van der Waals surface area contributed by atoms with E-state index in [1.54, 1.807) is 43.5 Å². The summed E-state index contributed by atoms with van der Waals surface area (Å²) in [4.78, 5) is 31.4. The molecule has 0 unspecified atom stereocenters. The molecule has 1 aliphatic rings. The number of nitrogens with zero attached hydrogens (tertiary/aromatic N) is 2. The summed E-state index contributed by atoms with van der Waals surface area (Å²) in [6.07, 6.45) is -0.654. The summed E-state index contributed by atoms with van der Waals surface area (Å²) in [6.45, 7) is 3.76. The second kappa shape index (κ2) is 11.5. The van der Waals surface area contributed by atoms with E-state index in [0.717, 1.165) is 43.9 Å². The van der Waals surface area contributed by atoms with Gasteiger partial charge in [-0.15, -0.1) is 0 Å². The summed E-state index contributed by atoms with van der Waals surface area (Å²) in [5, 5.41) is 2.82. The predicted octanol–water partition coefficient (Wildman–Crippen LogP) is 6.19. The smallest absolute Gasteiger partial charge is 0.416 e. The molecule has 2 aromatic carbocycles. The zero-order valence-corrected chi connectivity index (χ0v) is 20.4. The molecule has 9 heteroatoms. The molecule has 0 radical (unpaired) electrons. The van der Waals surface area contributed by atoms with Crippen LogP contribution in [-0.4, -0.2) is 36.6 Å². The Hall–Kier alpha value is -3.88. The van der Waals surface area contributed by atoms with Crippen molar-refractivity contribution in [1.82, 2.24) is 4.98 Å². The Balaban J connectivity index is 1.39. The molecule has 0 aliphatic carbocycles. The predicted molar refractivity (Wildman–Crippen MR) is 135 cm³/mol. The molecular weight excluding hydrogens is 483 g/mol. The van der Waals surface area contributed by atoms with E-state index in [-0.39, 0.29) is 11.9 Å². The van der Waals surface area contributed by atoms with E-state index in [4.69, 9.17) is 4.74 Å². The number of amides is 1. The summed E-state index contributed by atoms with van der Waals surface area (Å²) in [5.74, 6) is 0.556. The summed E-state index contributed by atoms with van der Waals surface area (Å²) < 4.78 is 43.8. The Bertz CT molecular complexity index is 1220. The van der Waals surface area contributed by atoms with E-state index in [1.807, 2.05) is 6.07 Å². The lowest BCUT2D eigenvalue weighted by Gasteiger charge is -2.32. The highest BCUT2D eigenvalue weighted by Crippen LogP contribution is 2.32. The fourth-order valence-electron chi connectivity index (χ4n) is 4.44. The van der Waals surface area contributed by atoms with E-state index < -0.39 is 11.7 Å². The summed E-state index contributed by atoms with van der Waals surface area (Å²) >= 11 is 0. The number of ether oxygens (including phenoxy) is 1. The number of alkyl halides is 3. The van der Waals surface area contributed by atoms with Crippen LogP contribution in [0.2, 0.25) is 0 Å². The topological polar surface area (TPSA) is 71.5 Å². The van der Waals surface area contributed by atoms with Crippen LogP contribution in [-0.2, 0) is 15.7 Å². The molecule has 0 atom stereocenters. The molecule has 1 N–H and O–H groups in total. The van der Waals surface area contributed by atoms with Crippen LogP contribution >= 0.6 is 0 Å². The third kappa shape index (κ3) is 6.67. The standard InChI is InChI=1S/C28H28F3N3O3/c1-2-37-26(35)17-19-13-15-34(16-14-19)25-12-11-22(18-32-25)33-27(36)24-6-4-3-5-23(24)20-7-9-21(10-8-20)28(29,30)31/h3-12,18-19H,2,13-17H2,1H3,(H,33,36). The first kappa shape index (κ1) is 26.2. The van der Waals surface area contributed by atoms with Crippen LogP contribution in [0.1, 0.15) is 42.1 Å². The maximum atomic E-state index is 13.0. The third-order valence-corrected chi connectivity index (χ3v) is 6.40. The van der Waals surface area contributed by atoms with Gasteiger partial charge in [0, 0.05) is 25.1 Å².